The average Bonchev–Trinajstić information content (AvgIpc) is 2.49. The van der Waals surface area contributed by atoms with E-state index in [4.69, 9.17) is 11.6 Å². The molecule has 110 valence electrons. The maximum absolute atomic E-state index is 6.44. The van der Waals surface area contributed by atoms with Crippen LogP contribution < -0.4 is 10.2 Å². The molecule has 0 aliphatic carbocycles. The molecule has 1 atom stereocenters. The standard InChI is InChI=1S/C18H21ClN2/c1-13-7-8-14-5-3-4-6-18(14)21(13)16-10-9-15(12-20-2)17(19)11-16/h3-6,9-11,13,20H,7-8,12H2,1-2H3. The van der Waals surface area contributed by atoms with E-state index in [1.807, 2.05) is 7.05 Å². The van der Waals surface area contributed by atoms with Gasteiger partial charge in [-0.3, -0.25) is 0 Å². The van der Waals surface area contributed by atoms with E-state index in [-0.39, 0.29) is 0 Å². The third kappa shape index (κ3) is 2.78. The van der Waals surface area contributed by atoms with Gasteiger partial charge in [0.25, 0.3) is 0 Å². The molecule has 3 rings (SSSR count). The Labute approximate surface area is 131 Å². The Balaban J connectivity index is 2.01. The van der Waals surface area contributed by atoms with Gasteiger partial charge >= 0.3 is 0 Å². The van der Waals surface area contributed by atoms with E-state index >= 15 is 0 Å². The van der Waals surface area contributed by atoms with Crippen molar-refractivity contribution in [1.29, 1.82) is 0 Å². The van der Waals surface area contributed by atoms with Gasteiger partial charge in [0.15, 0.2) is 0 Å². The fourth-order valence-corrected chi connectivity index (χ4v) is 3.34. The van der Waals surface area contributed by atoms with Crippen LogP contribution in [0.5, 0.6) is 0 Å². The lowest BCUT2D eigenvalue weighted by Gasteiger charge is -2.37. The van der Waals surface area contributed by atoms with Gasteiger partial charge < -0.3 is 10.2 Å². The van der Waals surface area contributed by atoms with E-state index in [0.717, 1.165) is 23.6 Å². The Hall–Kier alpha value is -1.51. The van der Waals surface area contributed by atoms with Crippen molar-refractivity contribution < 1.29 is 0 Å². The van der Waals surface area contributed by atoms with Gasteiger partial charge in [-0.2, -0.15) is 0 Å². The molecular weight excluding hydrogens is 280 g/mol. The van der Waals surface area contributed by atoms with Gasteiger partial charge in [0, 0.05) is 29.0 Å². The van der Waals surface area contributed by atoms with E-state index in [1.165, 1.54) is 23.4 Å². The minimum Gasteiger partial charge on any atom is -0.338 e. The second-order valence-electron chi connectivity index (χ2n) is 5.69. The summed E-state index contributed by atoms with van der Waals surface area (Å²) < 4.78 is 0. The lowest BCUT2D eigenvalue weighted by atomic mass is 9.96. The number of benzene rings is 2. The first-order valence-electron chi connectivity index (χ1n) is 7.51. The fourth-order valence-electron chi connectivity index (χ4n) is 3.10. The molecule has 0 aromatic heterocycles. The van der Waals surface area contributed by atoms with Crippen molar-refractivity contribution in [3.8, 4) is 0 Å². The predicted octanol–water partition coefficient (Wildman–Crippen LogP) is 4.53. The summed E-state index contributed by atoms with van der Waals surface area (Å²) in [6.07, 6.45) is 2.33. The highest BCUT2D eigenvalue weighted by atomic mass is 35.5. The normalized spacial score (nSPS) is 17.7. The Bertz CT molecular complexity index is 639. The van der Waals surface area contributed by atoms with Crippen LogP contribution >= 0.6 is 11.6 Å². The largest absolute Gasteiger partial charge is 0.338 e. The lowest BCUT2D eigenvalue weighted by molar-refractivity contribution is 0.618. The van der Waals surface area contributed by atoms with Gasteiger partial charge in [0.1, 0.15) is 0 Å². The van der Waals surface area contributed by atoms with E-state index < -0.39 is 0 Å². The zero-order valence-corrected chi connectivity index (χ0v) is 13.3. The molecule has 1 heterocycles. The molecule has 2 aromatic rings. The van der Waals surface area contributed by atoms with E-state index in [0.29, 0.717) is 6.04 Å². The summed E-state index contributed by atoms with van der Waals surface area (Å²) in [5, 5.41) is 3.98. The molecule has 0 saturated heterocycles. The molecule has 0 amide bonds. The SMILES string of the molecule is CNCc1ccc(N2c3ccccc3CCC2C)cc1Cl. The van der Waals surface area contributed by atoms with Crippen molar-refractivity contribution in [2.45, 2.75) is 32.4 Å². The number of nitrogens with zero attached hydrogens (tertiary/aromatic N) is 1. The maximum Gasteiger partial charge on any atom is 0.0471 e. The smallest absolute Gasteiger partial charge is 0.0471 e. The van der Waals surface area contributed by atoms with Gasteiger partial charge in [0.05, 0.1) is 0 Å². The molecule has 0 spiro atoms. The number of anilines is 2. The number of aryl methyl sites for hydroxylation is 1. The van der Waals surface area contributed by atoms with Crippen LogP contribution in [0.1, 0.15) is 24.5 Å². The highest BCUT2D eigenvalue weighted by Gasteiger charge is 2.24. The van der Waals surface area contributed by atoms with E-state index in [9.17, 15) is 0 Å². The molecule has 2 nitrogen and oxygen atoms in total. The van der Waals surface area contributed by atoms with Crippen LogP contribution in [0.4, 0.5) is 11.4 Å². The van der Waals surface area contributed by atoms with Crippen molar-refractivity contribution in [3.05, 3.63) is 58.6 Å². The van der Waals surface area contributed by atoms with Crippen molar-refractivity contribution in [3.63, 3.8) is 0 Å². The minimum absolute atomic E-state index is 0.492. The summed E-state index contributed by atoms with van der Waals surface area (Å²) in [5.41, 5.74) is 5.06. The summed E-state index contributed by atoms with van der Waals surface area (Å²) in [5.74, 6) is 0. The third-order valence-electron chi connectivity index (χ3n) is 4.21. The Kier molecular flexibility index (Phi) is 4.18. The van der Waals surface area contributed by atoms with Crippen LogP contribution in [0.15, 0.2) is 42.5 Å². The summed E-state index contributed by atoms with van der Waals surface area (Å²) in [7, 11) is 1.94. The van der Waals surface area contributed by atoms with E-state index in [1.54, 1.807) is 0 Å². The summed E-state index contributed by atoms with van der Waals surface area (Å²) in [6.45, 7) is 3.08. The first-order chi connectivity index (χ1) is 10.2. The number of rotatable bonds is 3. The van der Waals surface area contributed by atoms with Gasteiger partial charge in [-0.25, -0.2) is 0 Å². The molecule has 0 saturated carbocycles. The van der Waals surface area contributed by atoms with E-state index in [2.05, 4.69) is 59.6 Å². The highest BCUT2D eigenvalue weighted by molar-refractivity contribution is 6.31. The quantitative estimate of drug-likeness (QED) is 0.896. The first-order valence-corrected chi connectivity index (χ1v) is 7.88. The van der Waals surface area contributed by atoms with Gasteiger partial charge in [-0.1, -0.05) is 35.9 Å². The molecule has 2 aromatic carbocycles. The van der Waals surface area contributed by atoms with Gasteiger partial charge in [-0.15, -0.1) is 0 Å². The third-order valence-corrected chi connectivity index (χ3v) is 4.56. The number of para-hydroxylation sites is 1. The topological polar surface area (TPSA) is 15.3 Å². The van der Waals surface area contributed by atoms with Crippen molar-refractivity contribution in [2.75, 3.05) is 11.9 Å². The number of nitrogens with one attached hydrogen (secondary N) is 1. The van der Waals surface area contributed by atoms with Crippen LogP contribution in [0.2, 0.25) is 5.02 Å². The summed E-state index contributed by atoms with van der Waals surface area (Å²) in [4.78, 5) is 2.41. The molecule has 0 fully saturated rings. The predicted molar refractivity (Wildman–Crippen MR) is 90.6 cm³/mol. The molecular formula is C18H21ClN2. The zero-order chi connectivity index (χ0) is 14.8. The Morgan fingerprint density at radius 1 is 1.24 bits per heavy atom. The highest BCUT2D eigenvalue weighted by Crippen LogP contribution is 2.38. The fraction of sp³-hybridized carbons (Fsp3) is 0.333. The molecule has 1 unspecified atom stereocenters. The summed E-state index contributed by atoms with van der Waals surface area (Å²) in [6, 6.07) is 15.6. The molecule has 1 aliphatic rings. The molecule has 0 bridgehead atoms. The number of hydrogen-bond acceptors (Lipinski definition) is 2. The lowest BCUT2D eigenvalue weighted by Crippen LogP contribution is -2.33. The number of fused-ring (bicyclic) bond motifs is 1. The average molecular weight is 301 g/mol. The molecule has 0 radical (unpaired) electrons. The van der Waals surface area contributed by atoms with Gasteiger partial charge in [-0.05, 0) is 56.1 Å². The Morgan fingerprint density at radius 3 is 2.81 bits per heavy atom. The number of hydrogen-bond donors (Lipinski definition) is 1. The zero-order valence-electron chi connectivity index (χ0n) is 12.6. The molecule has 3 heteroatoms. The minimum atomic E-state index is 0.492. The molecule has 1 N–H and O–H groups in total. The van der Waals surface area contributed by atoms with Crippen LogP contribution in [0.3, 0.4) is 0 Å². The van der Waals surface area contributed by atoms with Gasteiger partial charge in [0.2, 0.25) is 0 Å². The van der Waals surface area contributed by atoms with Crippen molar-refractivity contribution in [2.24, 2.45) is 0 Å². The Morgan fingerprint density at radius 2 is 2.05 bits per heavy atom. The van der Waals surface area contributed by atoms with Crippen LogP contribution in [-0.4, -0.2) is 13.1 Å². The second-order valence-corrected chi connectivity index (χ2v) is 6.10. The molecule has 1 aliphatic heterocycles. The second kappa shape index (κ2) is 6.08. The van der Waals surface area contributed by atoms with Crippen LogP contribution in [0, 0.1) is 0 Å². The first kappa shape index (κ1) is 14.4. The van der Waals surface area contributed by atoms with Crippen LogP contribution in [0.25, 0.3) is 0 Å². The van der Waals surface area contributed by atoms with Crippen LogP contribution in [-0.2, 0) is 13.0 Å². The summed E-state index contributed by atoms with van der Waals surface area (Å²) >= 11 is 6.44. The number of halogens is 1. The molecule has 21 heavy (non-hydrogen) atoms. The monoisotopic (exact) mass is 300 g/mol. The van der Waals surface area contributed by atoms with Crippen molar-refractivity contribution in [1.82, 2.24) is 5.32 Å². The van der Waals surface area contributed by atoms with Crippen molar-refractivity contribution >= 4 is 23.0 Å². The maximum atomic E-state index is 6.44.